The molecule has 1 aromatic heterocycles. The maximum Gasteiger partial charge on any atom is 0.407 e. The number of hydrogen-bond acceptors (Lipinski definition) is 11. The van der Waals surface area contributed by atoms with Crippen molar-refractivity contribution < 1.29 is 32.9 Å². The van der Waals surface area contributed by atoms with E-state index in [0.717, 1.165) is 52.9 Å². The number of nitrogens with zero attached hydrogens (tertiary/aromatic N) is 3. The van der Waals surface area contributed by atoms with Crippen LogP contribution in [0.15, 0.2) is 53.4 Å². The van der Waals surface area contributed by atoms with E-state index in [1.807, 2.05) is 44.2 Å². The maximum atomic E-state index is 14.3. The number of aliphatic hydroxyl groups is 2. The number of sulfonamides is 1. The van der Waals surface area contributed by atoms with E-state index in [1.54, 1.807) is 18.2 Å². The number of alkyl carbamates (subject to hydrolysis) is 1. The molecule has 6 rings (SSSR count). The number of thiazole rings is 1. The van der Waals surface area contributed by atoms with Crippen LogP contribution in [0.25, 0.3) is 10.2 Å². The van der Waals surface area contributed by atoms with Crippen LogP contribution in [-0.4, -0.2) is 115 Å². The summed E-state index contributed by atoms with van der Waals surface area (Å²) >= 11 is 1.46. The highest BCUT2D eigenvalue weighted by atomic mass is 32.2. The Bertz CT molecular complexity index is 1690. The Morgan fingerprint density at radius 2 is 1.83 bits per heavy atom. The predicted octanol–water partition coefficient (Wildman–Crippen LogP) is 4.86. The molecule has 286 valence electrons. The molecular weight excluding hydrogens is 703 g/mol. The summed E-state index contributed by atoms with van der Waals surface area (Å²) in [5, 5.41) is 28.3. The third-order valence-corrected chi connectivity index (χ3v) is 13.4. The quantitative estimate of drug-likeness (QED) is 0.160. The van der Waals surface area contributed by atoms with Crippen LogP contribution in [0, 0.1) is 11.8 Å². The highest BCUT2D eigenvalue weighted by molar-refractivity contribution is 7.89. The van der Waals surface area contributed by atoms with Gasteiger partial charge in [0.25, 0.3) is 0 Å². The fourth-order valence-electron chi connectivity index (χ4n) is 7.76. The Kier molecular flexibility index (Phi) is 13.4. The molecule has 2 saturated heterocycles. The van der Waals surface area contributed by atoms with Crippen molar-refractivity contribution in [2.75, 3.05) is 51.3 Å². The van der Waals surface area contributed by atoms with Crippen molar-refractivity contribution in [1.82, 2.24) is 19.5 Å². The number of carbonyl (C=O) groups is 1. The molecule has 0 radical (unpaired) electrons. The maximum absolute atomic E-state index is 14.3. The SMILES string of the molecule is CC(C)CN(C[C@@H](O)[C@H](Cc1ccccc1)NC(=O)OC1COC[C@H]1CCO)S(=O)(=O)c1ccc2nc(NC3CCN(C4CCCC4)CC3)sc2c1. The number of aromatic nitrogens is 1. The van der Waals surface area contributed by atoms with E-state index in [0.29, 0.717) is 19.1 Å². The van der Waals surface area contributed by atoms with Gasteiger partial charge in [-0.15, -0.1) is 0 Å². The van der Waals surface area contributed by atoms with Gasteiger partial charge in [-0.2, -0.15) is 4.31 Å². The van der Waals surface area contributed by atoms with Crippen molar-refractivity contribution in [3.05, 3.63) is 54.1 Å². The molecule has 3 heterocycles. The largest absolute Gasteiger partial charge is 0.443 e. The lowest BCUT2D eigenvalue weighted by Crippen LogP contribution is -2.51. The van der Waals surface area contributed by atoms with Crippen molar-refractivity contribution in [3.63, 3.8) is 0 Å². The third-order valence-electron chi connectivity index (χ3n) is 10.6. The fraction of sp³-hybridized carbons (Fsp3) is 0.632. The summed E-state index contributed by atoms with van der Waals surface area (Å²) in [6.07, 6.45) is 5.66. The molecular formula is C38H55N5O7S2. The molecule has 2 aromatic carbocycles. The third kappa shape index (κ3) is 10.0. The monoisotopic (exact) mass is 757 g/mol. The molecule has 0 spiro atoms. The van der Waals surface area contributed by atoms with Crippen LogP contribution >= 0.6 is 11.3 Å². The van der Waals surface area contributed by atoms with Gasteiger partial charge in [-0.1, -0.05) is 68.4 Å². The molecule has 3 aliphatic rings. The molecule has 3 fully saturated rings. The Labute approximate surface area is 311 Å². The molecule has 3 aromatic rings. The standard InChI is InChI=1S/C38H55N5O7S2/c1-26(2)22-43(23-34(45)33(20-27-8-4-3-5-9-27)41-38(46)50-35-25-49-24-28(35)16-19-44)52(47,48)31-12-13-32-36(21-31)51-37(40-32)39-29-14-17-42(18-15-29)30-10-6-7-11-30/h3-5,8-9,12-13,21,26,28-30,33-35,44-45H,6-7,10-11,14-20,22-25H2,1-2H3,(H,39,40)(H,41,46)/t28-,33+,34-,35?/m1/s1. The van der Waals surface area contributed by atoms with Crippen molar-refractivity contribution in [2.24, 2.45) is 11.8 Å². The highest BCUT2D eigenvalue weighted by Gasteiger charge is 2.35. The van der Waals surface area contributed by atoms with Crippen LogP contribution in [-0.2, 0) is 25.9 Å². The molecule has 1 unspecified atom stereocenters. The molecule has 4 N–H and O–H groups in total. The summed E-state index contributed by atoms with van der Waals surface area (Å²) in [6, 6.07) is 14.7. The van der Waals surface area contributed by atoms with Crippen LogP contribution < -0.4 is 10.6 Å². The van der Waals surface area contributed by atoms with Crippen molar-refractivity contribution >= 4 is 42.8 Å². The summed E-state index contributed by atoms with van der Waals surface area (Å²) in [6.45, 7) is 6.57. The number of anilines is 1. The van der Waals surface area contributed by atoms with Crippen LogP contribution in [0.2, 0.25) is 0 Å². The van der Waals surface area contributed by atoms with Gasteiger partial charge < -0.3 is 35.2 Å². The number of likely N-dealkylation sites (tertiary alicyclic amines) is 1. The van der Waals surface area contributed by atoms with Crippen molar-refractivity contribution in [2.45, 2.75) is 100 Å². The van der Waals surface area contributed by atoms with Crippen LogP contribution in [0.5, 0.6) is 0 Å². The Morgan fingerprint density at radius 1 is 1.08 bits per heavy atom. The zero-order valence-corrected chi connectivity index (χ0v) is 32.0. The minimum atomic E-state index is -4.04. The lowest BCUT2D eigenvalue weighted by Gasteiger charge is -2.36. The molecule has 1 saturated carbocycles. The van der Waals surface area contributed by atoms with Gasteiger partial charge in [0.05, 0.1) is 40.5 Å². The average Bonchev–Trinajstić information content (AvgIpc) is 3.90. The van der Waals surface area contributed by atoms with Gasteiger partial charge in [-0.3, -0.25) is 0 Å². The Morgan fingerprint density at radius 3 is 2.54 bits per heavy atom. The average molecular weight is 758 g/mol. The van der Waals surface area contributed by atoms with Gasteiger partial charge in [0.1, 0.15) is 6.10 Å². The summed E-state index contributed by atoms with van der Waals surface area (Å²) in [4.78, 5) is 20.7. The molecule has 1 amide bonds. The topological polar surface area (TPSA) is 154 Å². The van der Waals surface area contributed by atoms with Crippen molar-refractivity contribution in [3.8, 4) is 0 Å². The number of rotatable bonds is 16. The van der Waals surface area contributed by atoms with Gasteiger partial charge in [-0.05, 0) is 68.2 Å². The number of aliphatic hydroxyl groups excluding tert-OH is 2. The molecule has 12 nitrogen and oxygen atoms in total. The predicted molar refractivity (Wildman–Crippen MR) is 203 cm³/mol. The minimum Gasteiger partial charge on any atom is -0.443 e. The van der Waals surface area contributed by atoms with Crippen molar-refractivity contribution in [1.29, 1.82) is 0 Å². The second-order valence-electron chi connectivity index (χ2n) is 15.0. The van der Waals surface area contributed by atoms with Crippen LogP contribution in [0.4, 0.5) is 9.93 Å². The summed E-state index contributed by atoms with van der Waals surface area (Å²) in [7, 11) is -4.04. The number of piperidine rings is 1. The summed E-state index contributed by atoms with van der Waals surface area (Å²) in [5.74, 6) is -0.150. The first-order valence-electron chi connectivity index (χ1n) is 18.9. The lowest BCUT2D eigenvalue weighted by molar-refractivity contribution is 0.0527. The Balaban J connectivity index is 1.14. The molecule has 1 aliphatic carbocycles. The number of fused-ring (bicyclic) bond motifs is 1. The second-order valence-corrected chi connectivity index (χ2v) is 18.0. The second kappa shape index (κ2) is 18.0. The summed E-state index contributed by atoms with van der Waals surface area (Å²) < 4.78 is 41.8. The van der Waals surface area contributed by atoms with Gasteiger partial charge in [-0.25, -0.2) is 18.2 Å². The number of nitrogens with one attached hydrogen (secondary N) is 2. The van der Waals surface area contributed by atoms with E-state index in [-0.39, 0.29) is 49.5 Å². The van der Waals surface area contributed by atoms with E-state index in [1.165, 1.54) is 41.3 Å². The van der Waals surface area contributed by atoms with Gasteiger partial charge in [0, 0.05) is 50.8 Å². The first-order valence-corrected chi connectivity index (χ1v) is 21.1. The Hall–Kier alpha value is -2.85. The lowest BCUT2D eigenvalue weighted by atomic mass is 10.0. The number of ether oxygens (including phenoxy) is 2. The molecule has 14 heteroatoms. The zero-order chi connectivity index (χ0) is 36.7. The highest BCUT2D eigenvalue weighted by Crippen LogP contribution is 2.32. The van der Waals surface area contributed by atoms with E-state index < -0.39 is 34.4 Å². The fourth-order valence-corrected chi connectivity index (χ4v) is 10.5. The molecule has 2 aliphatic heterocycles. The number of benzene rings is 2. The minimum absolute atomic E-state index is 0.0266. The number of amides is 1. The zero-order valence-electron chi connectivity index (χ0n) is 30.4. The van der Waals surface area contributed by atoms with Gasteiger partial charge >= 0.3 is 6.09 Å². The molecule has 52 heavy (non-hydrogen) atoms. The smallest absolute Gasteiger partial charge is 0.407 e. The van der Waals surface area contributed by atoms with E-state index in [2.05, 4.69) is 15.5 Å². The first kappa shape index (κ1) is 38.9. The van der Waals surface area contributed by atoms with E-state index in [9.17, 15) is 23.4 Å². The molecule has 0 bridgehead atoms. The number of carbonyl (C=O) groups excluding carboxylic acids is 1. The first-order chi connectivity index (χ1) is 25.1. The number of hydrogen-bond donors (Lipinski definition) is 4. The van der Waals surface area contributed by atoms with E-state index in [4.69, 9.17) is 14.5 Å². The van der Waals surface area contributed by atoms with Crippen LogP contribution in [0.3, 0.4) is 0 Å². The normalized spacial score (nSPS) is 22.0. The van der Waals surface area contributed by atoms with E-state index >= 15 is 0 Å². The summed E-state index contributed by atoms with van der Waals surface area (Å²) in [5.41, 5.74) is 1.61. The molecule has 4 atom stereocenters. The van der Waals surface area contributed by atoms with Gasteiger partial charge in [0.2, 0.25) is 10.0 Å². The van der Waals surface area contributed by atoms with Crippen LogP contribution in [0.1, 0.15) is 64.4 Å². The van der Waals surface area contributed by atoms with Gasteiger partial charge in [0.15, 0.2) is 5.13 Å².